The van der Waals surface area contributed by atoms with Crippen LogP contribution in [0.3, 0.4) is 0 Å². The SMILES string of the molecule is [2H]C([2H])([2H])c1ncn(C)c1-c1cnc2c3c(OC)ncc(C(C)(C)O)c3n(C(c3ccccc3)C3CCC(F)(F)CC3)c2c1.[2H]C([2H])([2H])c1ncn(C)c1-c1cnc2c3c(OC)ncc(C(C)(C)O)c3n(C(c3ccccc3)C3CCC(F)(F)CC3)c2c1. The lowest BCUT2D eigenvalue weighted by molar-refractivity contribution is -0.0498. The van der Waals surface area contributed by atoms with Crippen LogP contribution < -0.4 is 9.47 Å². The molecule has 0 spiro atoms. The Labute approximate surface area is 482 Å². The number of aliphatic hydroxyl groups is 2. The van der Waals surface area contributed by atoms with E-state index in [4.69, 9.17) is 27.7 Å². The molecule has 2 N–H and O–H groups in total. The molecule has 0 aliphatic heterocycles. The minimum absolute atomic E-state index is 0.0469. The predicted octanol–water partition coefficient (Wildman–Crippen LogP) is 13.9. The maximum atomic E-state index is 14.5. The van der Waals surface area contributed by atoms with Crippen LogP contribution in [0.25, 0.3) is 66.4 Å². The number of rotatable bonds is 12. The number of aromatic nitrogens is 10. The van der Waals surface area contributed by atoms with Gasteiger partial charge in [0.05, 0.1) is 106 Å². The fourth-order valence-electron chi connectivity index (χ4n) is 12.7. The predicted molar refractivity (Wildman–Crippen MR) is 311 cm³/mol. The molecule has 2 aliphatic carbocycles. The average molecular weight is 1130 g/mol. The molecule has 8 aromatic heterocycles. The van der Waals surface area contributed by atoms with E-state index in [2.05, 4.69) is 29.1 Å². The molecule has 0 amide bonds. The van der Waals surface area contributed by atoms with E-state index in [0.29, 0.717) is 115 Å². The molecular weight excluding hydrogens is 1050 g/mol. The van der Waals surface area contributed by atoms with Gasteiger partial charge in [-0.25, -0.2) is 37.5 Å². The Hall–Kier alpha value is -7.70. The maximum Gasteiger partial charge on any atom is 0.248 e. The van der Waals surface area contributed by atoms with E-state index in [1.54, 1.807) is 75.7 Å². The summed E-state index contributed by atoms with van der Waals surface area (Å²) in [5.41, 5.74) is 5.64. The van der Waals surface area contributed by atoms with Gasteiger partial charge in [-0.1, -0.05) is 60.7 Å². The highest BCUT2D eigenvalue weighted by Crippen LogP contribution is 2.51. The first-order chi connectivity index (χ1) is 41.4. The first-order valence-corrected chi connectivity index (χ1v) is 27.5. The van der Waals surface area contributed by atoms with Gasteiger partial charge in [-0.05, 0) is 102 Å². The lowest BCUT2D eigenvalue weighted by atomic mass is 9.79. The van der Waals surface area contributed by atoms with Gasteiger partial charge in [0.1, 0.15) is 11.0 Å². The highest BCUT2D eigenvalue weighted by Gasteiger charge is 2.43. The third-order valence-electron chi connectivity index (χ3n) is 16.6. The van der Waals surface area contributed by atoms with Gasteiger partial charge in [-0.3, -0.25) is 9.97 Å². The molecule has 18 heteroatoms. The first-order valence-electron chi connectivity index (χ1n) is 30.5. The molecule has 0 saturated heterocycles. The van der Waals surface area contributed by atoms with Crippen molar-refractivity contribution in [3.63, 3.8) is 0 Å². The minimum atomic E-state index is -2.72. The molecule has 12 rings (SSSR count). The number of aryl methyl sites for hydroxylation is 4. The van der Waals surface area contributed by atoms with Crippen LogP contribution in [0.15, 0.2) is 110 Å². The van der Waals surface area contributed by atoms with Gasteiger partial charge in [-0.2, -0.15) is 0 Å². The first kappa shape index (κ1) is 49.0. The van der Waals surface area contributed by atoms with Crippen LogP contribution in [0.1, 0.15) is 133 Å². The number of ether oxygens (including phenoxy) is 2. The number of hydrogen-bond donors (Lipinski definition) is 2. The summed E-state index contributed by atoms with van der Waals surface area (Å²) in [4.78, 5) is 27.1. The fourth-order valence-corrected chi connectivity index (χ4v) is 12.7. The number of pyridine rings is 4. The summed E-state index contributed by atoms with van der Waals surface area (Å²) in [6.45, 7) is 1.78. The monoisotopic (exact) mass is 1120 g/mol. The van der Waals surface area contributed by atoms with Crippen LogP contribution >= 0.6 is 0 Å². The molecule has 0 bridgehead atoms. The molecule has 2 saturated carbocycles. The van der Waals surface area contributed by atoms with Crippen LogP contribution in [-0.4, -0.2) is 84.4 Å². The number of benzene rings is 2. The molecular formula is C64H70F4N10O4. The Bertz CT molecular complexity index is 3940. The average Bonchev–Trinajstić information content (AvgIpc) is 1.66. The zero-order valence-corrected chi connectivity index (χ0v) is 47.1. The smallest absolute Gasteiger partial charge is 0.248 e. The third kappa shape index (κ3) is 10.1. The highest BCUT2D eigenvalue weighted by molar-refractivity contribution is 6.11. The number of fused-ring (bicyclic) bond motifs is 6. The Morgan fingerprint density at radius 2 is 0.927 bits per heavy atom. The van der Waals surface area contributed by atoms with Crippen molar-refractivity contribution in [2.24, 2.45) is 25.9 Å². The van der Waals surface area contributed by atoms with E-state index in [-0.39, 0.29) is 48.9 Å². The summed E-state index contributed by atoms with van der Waals surface area (Å²) < 4.78 is 125. The molecule has 2 unspecified atom stereocenters. The lowest BCUT2D eigenvalue weighted by Gasteiger charge is -2.36. The second-order valence-electron chi connectivity index (χ2n) is 23.1. The number of halogens is 4. The fraction of sp³-hybridized carbons (Fsp3) is 0.406. The topological polar surface area (TPSA) is 156 Å². The second-order valence-corrected chi connectivity index (χ2v) is 23.1. The summed E-state index contributed by atoms with van der Waals surface area (Å²) in [7, 11) is 6.48. The summed E-state index contributed by atoms with van der Waals surface area (Å²) >= 11 is 0. The van der Waals surface area contributed by atoms with Gasteiger partial charge in [0, 0.05) is 95.0 Å². The molecule has 2 aromatic carbocycles. The summed E-state index contributed by atoms with van der Waals surface area (Å²) in [6.07, 6.45) is 9.62. The molecule has 14 nitrogen and oxygen atoms in total. The van der Waals surface area contributed by atoms with Crippen molar-refractivity contribution in [2.75, 3.05) is 14.2 Å². The van der Waals surface area contributed by atoms with Crippen molar-refractivity contribution in [1.29, 1.82) is 0 Å². The molecule has 2 aliphatic rings. The van der Waals surface area contributed by atoms with Crippen molar-refractivity contribution >= 4 is 43.9 Å². The van der Waals surface area contributed by atoms with Crippen molar-refractivity contribution < 1.29 is 45.5 Å². The van der Waals surface area contributed by atoms with E-state index < -0.39 is 48.8 Å². The van der Waals surface area contributed by atoms with Gasteiger partial charge in [0.15, 0.2) is 0 Å². The van der Waals surface area contributed by atoms with Crippen molar-refractivity contribution in [3.05, 3.63) is 144 Å². The molecule has 428 valence electrons. The van der Waals surface area contributed by atoms with Crippen LogP contribution in [0.5, 0.6) is 11.8 Å². The van der Waals surface area contributed by atoms with Gasteiger partial charge >= 0.3 is 0 Å². The standard InChI is InChI=1S/2C32H35F2N5O2/c2*1-19-27(38(4)18-37-19)22-15-24-26(35-16-22)25-29(23(31(2,3)40)17-36-30(25)41-5)39(24)28(20-9-7-6-8-10-20)21-11-13-32(33,34)14-12-21/h2*6-10,15-18,21,28,40H,11-14H2,1-5H3/i2*1D3. The molecule has 82 heavy (non-hydrogen) atoms. The summed E-state index contributed by atoms with van der Waals surface area (Å²) in [5, 5.41) is 24.0. The second kappa shape index (κ2) is 21.2. The van der Waals surface area contributed by atoms with Crippen molar-refractivity contribution in [2.45, 2.75) is 128 Å². The van der Waals surface area contributed by atoms with Gasteiger partial charge in [0.2, 0.25) is 23.6 Å². The number of hydrogen-bond acceptors (Lipinski definition) is 10. The van der Waals surface area contributed by atoms with Crippen LogP contribution in [-0.2, 0) is 25.3 Å². The molecule has 0 radical (unpaired) electrons. The summed E-state index contributed by atoms with van der Waals surface area (Å²) in [5.74, 6) is -5.15. The minimum Gasteiger partial charge on any atom is -0.480 e. The van der Waals surface area contributed by atoms with Gasteiger partial charge in [0.25, 0.3) is 0 Å². The van der Waals surface area contributed by atoms with E-state index in [1.807, 2.05) is 72.8 Å². The zero-order chi connectivity index (χ0) is 63.2. The molecule has 10 aromatic rings. The Kier molecular flexibility index (Phi) is 12.7. The summed E-state index contributed by atoms with van der Waals surface area (Å²) in [6, 6.07) is 22.4. The van der Waals surface area contributed by atoms with Crippen LogP contribution in [0, 0.1) is 25.5 Å². The number of imidazole rings is 2. The van der Waals surface area contributed by atoms with E-state index in [1.165, 1.54) is 26.9 Å². The van der Waals surface area contributed by atoms with Crippen molar-refractivity contribution in [1.82, 2.24) is 48.2 Å². The molecule has 8 heterocycles. The maximum absolute atomic E-state index is 14.5. The van der Waals surface area contributed by atoms with E-state index >= 15 is 0 Å². The van der Waals surface area contributed by atoms with Crippen molar-refractivity contribution in [3.8, 4) is 34.3 Å². The zero-order valence-electron chi connectivity index (χ0n) is 53.1. The molecule has 2 atom stereocenters. The van der Waals surface area contributed by atoms with Crippen LogP contribution in [0.2, 0.25) is 0 Å². The third-order valence-corrected chi connectivity index (χ3v) is 16.6. The number of methoxy groups -OCH3 is 2. The highest BCUT2D eigenvalue weighted by atomic mass is 19.3. The lowest BCUT2D eigenvalue weighted by Crippen LogP contribution is -2.31. The normalized spacial score (nSPS) is 18.3. The Balaban J connectivity index is 0.000000182. The molecule has 2 fully saturated rings. The quantitative estimate of drug-likeness (QED) is 0.113. The van der Waals surface area contributed by atoms with Gasteiger partial charge in [-0.15, -0.1) is 0 Å². The van der Waals surface area contributed by atoms with Crippen LogP contribution in [0.4, 0.5) is 17.6 Å². The largest absolute Gasteiger partial charge is 0.480 e. The number of alkyl halides is 4. The Morgan fingerprint density at radius 1 is 0.561 bits per heavy atom. The van der Waals surface area contributed by atoms with Gasteiger partial charge < -0.3 is 38.0 Å². The van der Waals surface area contributed by atoms with E-state index in [9.17, 15) is 27.8 Å². The number of nitrogens with zero attached hydrogens (tertiary/aromatic N) is 10. The van der Waals surface area contributed by atoms with E-state index in [0.717, 1.165) is 11.1 Å². The Morgan fingerprint density at radius 3 is 1.26 bits per heavy atom.